The van der Waals surface area contributed by atoms with Crippen LogP contribution in [0.3, 0.4) is 0 Å². The highest BCUT2D eigenvalue weighted by Gasteiger charge is 2.47. The van der Waals surface area contributed by atoms with E-state index in [0.29, 0.717) is 0 Å². The van der Waals surface area contributed by atoms with Crippen molar-refractivity contribution in [2.45, 2.75) is 19.3 Å². The second kappa shape index (κ2) is 8.00. The molecular weight excluding hydrogens is 272 g/mol. The standard InChI is InChI=1S/C8H18N8O4/c9-13-4(17)1-2-8(6(19)15-11,7(20)16-12)3-5(18)14-10/h1-3,9-12H2,(H,13,17)(H,14,18)(H,15,19)(H,16,20). The fourth-order valence-corrected chi connectivity index (χ4v) is 1.58. The largest absolute Gasteiger partial charge is 0.294 e. The minimum atomic E-state index is -1.99. The minimum absolute atomic E-state index is 0.310. The molecule has 20 heavy (non-hydrogen) atoms. The molecule has 0 spiro atoms. The summed E-state index contributed by atoms with van der Waals surface area (Å²) in [5.41, 5.74) is 5.12. The zero-order valence-electron chi connectivity index (χ0n) is 10.6. The van der Waals surface area contributed by atoms with E-state index in [2.05, 4.69) is 0 Å². The highest BCUT2D eigenvalue weighted by Crippen LogP contribution is 2.29. The third kappa shape index (κ3) is 4.13. The highest BCUT2D eigenvalue weighted by atomic mass is 16.2. The summed E-state index contributed by atoms with van der Waals surface area (Å²) in [4.78, 5) is 46.2. The molecule has 114 valence electrons. The third-order valence-corrected chi connectivity index (χ3v) is 2.69. The van der Waals surface area contributed by atoms with E-state index in [-0.39, 0.29) is 12.8 Å². The van der Waals surface area contributed by atoms with Crippen LogP contribution >= 0.6 is 0 Å². The summed E-state index contributed by atoms with van der Waals surface area (Å²) in [5, 5.41) is 0. The summed E-state index contributed by atoms with van der Waals surface area (Å²) in [6.45, 7) is 0. The van der Waals surface area contributed by atoms with Crippen molar-refractivity contribution < 1.29 is 19.2 Å². The molecule has 0 aliphatic carbocycles. The molecule has 0 saturated heterocycles. The number of hydrogen-bond acceptors (Lipinski definition) is 8. The van der Waals surface area contributed by atoms with Crippen molar-refractivity contribution in [1.82, 2.24) is 21.7 Å². The summed E-state index contributed by atoms with van der Waals surface area (Å²) in [7, 11) is 0. The molecule has 0 aliphatic rings. The van der Waals surface area contributed by atoms with E-state index >= 15 is 0 Å². The van der Waals surface area contributed by atoms with Gasteiger partial charge in [-0.25, -0.2) is 23.4 Å². The molecule has 0 aliphatic heterocycles. The average Bonchev–Trinajstić information content (AvgIpc) is 2.48. The van der Waals surface area contributed by atoms with Gasteiger partial charge in [0.25, 0.3) is 0 Å². The quantitative estimate of drug-likeness (QED) is 0.0979. The molecule has 0 heterocycles. The van der Waals surface area contributed by atoms with E-state index in [1.165, 1.54) is 0 Å². The maximum atomic E-state index is 11.9. The molecule has 0 unspecified atom stereocenters. The van der Waals surface area contributed by atoms with Gasteiger partial charge < -0.3 is 0 Å². The summed E-state index contributed by atoms with van der Waals surface area (Å²) >= 11 is 0. The van der Waals surface area contributed by atoms with Crippen LogP contribution < -0.4 is 45.1 Å². The summed E-state index contributed by atoms with van der Waals surface area (Å²) < 4.78 is 0. The first-order chi connectivity index (χ1) is 9.37. The molecule has 12 N–H and O–H groups in total. The second-order valence-corrected chi connectivity index (χ2v) is 3.84. The number of nitrogens with two attached hydrogens (primary N) is 4. The van der Waals surface area contributed by atoms with Gasteiger partial charge in [-0.15, -0.1) is 0 Å². The van der Waals surface area contributed by atoms with Crippen LogP contribution in [0.2, 0.25) is 0 Å². The van der Waals surface area contributed by atoms with Crippen molar-refractivity contribution in [3.63, 3.8) is 0 Å². The molecule has 0 fully saturated rings. The molecule has 0 atom stereocenters. The molecule has 0 radical (unpaired) electrons. The molecule has 0 aromatic heterocycles. The molecule has 12 nitrogen and oxygen atoms in total. The van der Waals surface area contributed by atoms with E-state index in [9.17, 15) is 19.2 Å². The molecule has 12 heteroatoms. The van der Waals surface area contributed by atoms with Gasteiger partial charge in [-0.05, 0) is 6.42 Å². The fraction of sp³-hybridized carbons (Fsp3) is 0.500. The first-order valence-corrected chi connectivity index (χ1v) is 5.39. The number of nitrogens with one attached hydrogen (secondary N) is 4. The lowest BCUT2D eigenvalue weighted by Crippen LogP contribution is -2.57. The van der Waals surface area contributed by atoms with Crippen molar-refractivity contribution in [3.8, 4) is 0 Å². The van der Waals surface area contributed by atoms with Crippen LogP contribution in [0.15, 0.2) is 0 Å². The monoisotopic (exact) mass is 290 g/mol. The van der Waals surface area contributed by atoms with Crippen molar-refractivity contribution in [2.75, 3.05) is 0 Å². The number of hydrogen-bond donors (Lipinski definition) is 8. The number of rotatable bonds is 7. The normalized spacial score (nSPS) is 10.4. The molecular formula is C8H18N8O4. The smallest absolute Gasteiger partial charge is 0.250 e. The zero-order valence-corrected chi connectivity index (χ0v) is 10.6. The van der Waals surface area contributed by atoms with Gasteiger partial charge in [0.2, 0.25) is 23.6 Å². The maximum Gasteiger partial charge on any atom is 0.250 e. The Kier molecular flexibility index (Phi) is 7.09. The number of amides is 4. The molecule has 0 aromatic carbocycles. The van der Waals surface area contributed by atoms with Crippen molar-refractivity contribution in [3.05, 3.63) is 0 Å². The van der Waals surface area contributed by atoms with Gasteiger partial charge in [0.1, 0.15) is 5.41 Å². The average molecular weight is 290 g/mol. The summed E-state index contributed by atoms with van der Waals surface area (Å²) in [6.07, 6.45) is -1.31. The lowest BCUT2D eigenvalue weighted by Gasteiger charge is -2.28. The van der Waals surface area contributed by atoms with E-state index in [1.54, 1.807) is 16.3 Å². The van der Waals surface area contributed by atoms with Gasteiger partial charge >= 0.3 is 0 Å². The van der Waals surface area contributed by atoms with Gasteiger partial charge in [0.15, 0.2) is 0 Å². The Balaban J connectivity index is 5.42. The first kappa shape index (κ1) is 17.7. The van der Waals surface area contributed by atoms with Gasteiger partial charge in [-0.1, -0.05) is 0 Å². The second-order valence-electron chi connectivity index (χ2n) is 3.84. The van der Waals surface area contributed by atoms with Crippen molar-refractivity contribution in [2.24, 2.45) is 28.8 Å². The van der Waals surface area contributed by atoms with Crippen LogP contribution in [0.1, 0.15) is 19.3 Å². The number of carbonyl (C=O) groups is 4. The Bertz CT molecular complexity index is 382. The van der Waals surface area contributed by atoms with Crippen LogP contribution in [0, 0.1) is 5.41 Å². The Morgan fingerprint density at radius 2 is 1.20 bits per heavy atom. The number of hydrazine groups is 4. The SMILES string of the molecule is NNC(=O)CCC(CC(=O)NN)(C(=O)NN)C(=O)NN. The third-order valence-electron chi connectivity index (χ3n) is 2.69. The lowest BCUT2D eigenvalue weighted by molar-refractivity contribution is -0.148. The van der Waals surface area contributed by atoms with Crippen molar-refractivity contribution in [1.29, 1.82) is 0 Å². The van der Waals surface area contributed by atoms with E-state index in [1.807, 2.05) is 5.43 Å². The molecule has 0 rings (SSSR count). The lowest BCUT2D eigenvalue weighted by atomic mass is 9.78. The first-order valence-electron chi connectivity index (χ1n) is 5.39. The van der Waals surface area contributed by atoms with Gasteiger partial charge in [-0.2, -0.15) is 0 Å². The van der Waals surface area contributed by atoms with Crippen LogP contribution in [-0.2, 0) is 19.2 Å². The predicted molar refractivity (Wildman–Crippen MR) is 65.6 cm³/mol. The summed E-state index contributed by atoms with van der Waals surface area (Å²) in [5.74, 6) is 16.4. The molecule has 0 bridgehead atoms. The van der Waals surface area contributed by atoms with Crippen LogP contribution in [0.25, 0.3) is 0 Å². The maximum absolute atomic E-state index is 11.9. The summed E-state index contributed by atoms with van der Waals surface area (Å²) in [6, 6.07) is 0. The molecule has 0 saturated carbocycles. The van der Waals surface area contributed by atoms with E-state index in [0.717, 1.165) is 0 Å². The van der Waals surface area contributed by atoms with E-state index < -0.39 is 35.5 Å². The zero-order chi connectivity index (χ0) is 15.8. The fourth-order valence-electron chi connectivity index (χ4n) is 1.58. The topological polar surface area (TPSA) is 220 Å². The molecule has 4 amide bonds. The Labute approximate surface area is 113 Å². The van der Waals surface area contributed by atoms with Crippen LogP contribution in [0.5, 0.6) is 0 Å². The Hall–Kier alpha value is -2.28. The van der Waals surface area contributed by atoms with Crippen molar-refractivity contribution >= 4 is 23.6 Å². The molecule has 0 aromatic rings. The predicted octanol–water partition coefficient (Wildman–Crippen LogP) is -4.90. The van der Waals surface area contributed by atoms with Gasteiger partial charge in [-0.3, -0.25) is 40.9 Å². The van der Waals surface area contributed by atoms with Crippen LogP contribution in [-0.4, -0.2) is 23.6 Å². The van der Waals surface area contributed by atoms with E-state index in [4.69, 9.17) is 23.4 Å². The Morgan fingerprint density at radius 3 is 1.55 bits per heavy atom. The minimum Gasteiger partial charge on any atom is -0.294 e. The highest BCUT2D eigenvalue weighted by molar-refractivity contribution is 6.07. The van der Waals surface area contributed by atoms with Gasteiger partial charge in [0.05, 0.1) is 6.42 Å². The number of carbonyl (C=O) groups excluding carboxylic acids is 4. The van der Waals surface area contributed by atoms with Crippen LogP contribution in [0.4, 0.5) is 0 Å². The Morgan fingerprint density at radius 1 is 0.750 bits per heavy atom. The van der Waals surface area contributed by atoms with Gasteiger partial charge in [0, 0.05) is 6.42 Å².